The molecule has 0 amide bonds. The molecule has 5 heavy (non-hydrogen) atoms. The van der Waals surface area contributed by atoms with E-state index >= 15 is 0 Å². The van der Waals surface area contributed by atoms with E-state index in [1.807, 2.05) is 6.26 Å². The van der Waals surface area contributed by atoms with Gasteiger partial charge in [-0.3, -0.25) is 0 Å². The van der Waals surface area contributed by atoms with Crippen LogP contribution in [0.4, 0.5) is 0 Å². The zero-order valence-electron chi connectivity index (χ0n) is 3.06. The smallest absolute Gasteiger partial charge is 0.259 e. The zero-order valence-corrected chi connectivity index (χ0v) is 3.88. The molecule has 0 unspecified atom stereocenters. The maximum absolute atomic E-state index is 6.21. The summed E-state index contributed by atoms with van der Waals surface area (Å²) in [5, 5.41) is 0. The third kappa shape index (κ3) is 3.84. The molecule has 0 aliphatic heterocycles. The average Bonchev–Trinajstić information content (AvgIpc) is 1.41. The molecule has 0 aromatic heterocycles. The van der Waals surface area contributed by atoms with Crippen molar-refractivity contribution in [2.45, 2.75) is 0 Å². The van der Waals surface area contributed by atoms with Crippen molar-refractivity contribution in [2.24, 2.45) is 0 Å². The molecule has 0 aromatic carbocycles. The Hall–Kier alpha value is -0.160. The van der Waals surface area contributed by atoms with Crippen LogP contribution in [0, 0.1) is 6.57 Å². The minimum atomic E-state index is 0.597. The van der Waals surface area contributed by atoms with Crippen LogP contribution in [0.5, 0.6) is 0 Å². The van der Waals surface area contributed by atoms with Gasteiger partial charge in [-0.15, -0.1) is 0 Å². The standard InChI is InChI=1S/C3H5NS/c1-4-3-5-2/h3H2,2H3. The molecule has 0 radical (unpaired) electrons. The summed E-state index contributed by atoms with van der Waals surface area (Å²) in [5.41, 5.74) is 0. The summed E-state index contributed by atoms with van der Waals surface area (Å²) < 4.78 is 0. The van der Waals surface area contributed by atoms with E-state index in [0.717, 1.165) is 0 Å². The Morgan fingerprint density at radius 1 is 2.00 bits per heavy atom. The second-order valence-electron chi connectivity index (χ2n) is 0.576. The van der Waals surface area contributed by atoms with Gasteiger partial charge in [-0.1, -0.05) is 11.8 Å². The van der Waals surface area contributed by atoms with Gasteiger partial charge < -0.3 is 4.85 Å². The van der Waals surface area contributed by atoms with Crippen LogP contribution in [0.3, 0.4) is 0 Å². The van der Waals surface area contributed by atoms with Crippen LogP contribution < -0.4 is 0 Å². The van der Waals surface area contributed by atoms with E-state index in [-0.39, 0.29) is 0 Å². The molecule has 0 aliphatic rings. The van der Waals surface area contributed by atoms with E-state index in [9.17, 15) is 0 Å². The van der Waals surface area contributed by atoms with Gasteiger partial charge in [0.15, 0.2) is 0 Å². The van der Waals surface area contributed by atoms with Crippen molar-refractivity contribution in [1.82, 2.24) is 0 Å². The molecule has 0 fully saturated rings. The Kier molecular flexibility index (Phi) is 3.72. The predicted molar refractivity (Wildman–Crippen MR) is 25.0 cm³/mol. The van der Waals surface area contributed by atoms with Crippen LogP contribution in [0.1, 0.15) is 0 Å². The van der Waals surface area contributed by atoms with Gasteiger partial charge >= 0.3 is 0 Å². The van der Waals surface area contributed by atoms with Gasteiger partial charge in [-0.2, -0.15) is 0 Å². The molecule has 28 valence electrons. The normalized spacial score (nSPS) is 6.40. The van der Waals surface area contributed by atoms with Crippen LogP contribution in [0.25, 0.3) is 4.85 Å². The summed E-state index contributed by atoms with van der Waals surface area (Å²) in [6.45, 7) is 6.21. The largest absolute Gasteiger partial charge is 0.305 e. The fraction of sp³-hybridized carbons (Fsp3) is 0.667. The van der Waals surface area contributed by atoms with E-state index < -0.39 is 0 Å². The molecule has 0 saturated heterocycles. The van der Waals surface area contributed by atoms with Crippen molar-refractivity contribution in [3.8, 4) is 0 Å². The molecule has 2 heteroatoms. The van der Waals surface area contributed by atoms with Crippen molar-refractivity contribution >= 4 is 11.8 Å². The molecule has 0 saturated carbocycles. The molecular weight excluding hydrogens is 82.1 g/mol. The second-order valence-corrected chi connectivity index (χ2v) is 1.41. The van der Waals surface area contributed by atoms with Gasteiger partial charge in [0.2, 0.25) is 0 Å². The number of thioether (sulfide) groups is 1. The maximum atomic E-state index is 6.21. The summed E-state index contributed by atoms with van der Waals surface area (Å²) in [7, 11) is 0. The van der Waals surface area contributed by atoms with Gasteiger partial charge in [0.05, 0.1) is 0 Å². The number of rotatable bonds is 1. The lowest BCUT2D eigenvalue weighted by Crippen LogP contribution is -1.53. The Balaban J connectivity index is 2.48. The van der Waals surface area contributed by atoms with E-state index in [1.54, 1.807) is 11.8 Å². The highest BCUT2D eigenvalue weighted by molar-refractivity contribution is 7.98. The molecule has 0 N–H and O–H groups in total. The van der Waals surface area contributed by atoms with Crippen LogP contribution in [-0.4, -0.2) is 12.1 Å². The second kappa shape index (κ2) is 3.84. The average molecular weight is 87.1 g/mol. The van der Waals surface area contributed by atoms with Gasteiger partial charge in [0.25, 0.3) is 5.88 Å². The lowest BCUT2D eigenvalue weighted by Gasteiger charge is -1.66. The molecule has 0 bridgehead atoms. The third-order valence-electron chi connectivity index (χ3n) is 0.194. The lowest BCUT2D eigenvalue weighted by molar-refractivity contribution is 1.79. The number of nitrogens with zero attached hydrogens (tertiary/aromatic N) is 1. The highest BCUT2D eigenvalue weighted by Gasteiger charge is 1.68. The van der Waals surface area contributed by atoms with E-state index in [1.165, 1.54) is 0 Å². The molecule has 0 rings (SSSR count). The molecule has 0 aliphatic carbocycles. The first kappa shape index (κ1) is 4.84. The van der Waals surface area contributed by atoms with Crippen molar-refractivity contribution in [2.75, 3.05) is 12.1 Å². The summed E-state index contributed by atoms with van der Waals surface area (Å²) >= 11 is 1.55. The Bertz CT molecular complexity index is 45.3. The fourth-order valence-electron chi connectivity index (χ4n) is 0.0645. The molecule has 1 nitrogen and oxygen atoms in total. The number of hydrogen-bond acceptors (Lipinski definition) is 1. The van der Waals surface area contributed by atoms with Gasteiger partial charge in [-0.05, 0) is 6.26 Å². The summed E-state index contributed by atoms with van der Waals surface area (Å²) in [4.78, 5) is 3.07. The Morgan fingerprint density at radius 3 is 2.60 bits per heavy atom. The van der Waals surface area contributed by atoms with E-state index in [2.05, 4.69) is 4.85 Å². The van der Waals surface area contributed by atoms with Crippen molar-refractivity contribution in [1.29, 1.82) is 0 Å². The first-order valence-electron chi connectivity index (χ1n) is 1.24. The Morgan fingerprint density at radius 2 is 2.60 bits per heavy atom. The molecular formula is C3H5NS. The highest BCUT2D eigenvalue weighted by Crippen LogP contribution is 1.87. The number of hydrogen-bond donors (Lipinski definition) is 0. The minimum Gasteiger partial charge on any atom is -0.305 e. The first-order valence-corrected chi connectivity index (χ1v) is 2.63. The summed E-state index contributed by atoms with van der Waals surface area (Å²) in [6.07, 6.45) is 1.91. The topological polar surface area (TPSA) is 4.36 Å². The first-order chi connectivity index (χ1) is 2.41. The quantitative estimate of drug-likeness (QED) is 0.435. The monoisotopic (exact) mass is 87.0 g/mol. The molecule has 0 atom stereocenters. The van der Waals surface area contributed by atoms with Crippen molar-refractivity contribution in [3.05, 3.63) is 11.4 Å². The minimum absolute atomic E-state index is 0.597. The van der Waals surface area contributed by atoms with Crippen LogP contribution in [0.2, 0.25) is 0 Å². The molecule has 0 spiro atoms. The Labute approximate surface area is 36.2 Å². The van der Waals surface area contributed by atoms with Gasteiger partial charge in [0, 0.05) is 0 Å². The van der Waals surface area contributed by atoms with Crippen molar-refractivity contribution < 1.29 is 0 Å². The van der Waals surface area contributed by atoms with Crippen molar-refractivity contribution in [3.63, 3.8) is 0 Å². The summed E-state index contributed by atoms with van der Waals surface area (Å²) in [6, 6.07) is 0. The van der Waals surface area contributed by atoms with Crippen LogP contribution >= 0.6 is 11.8 Å². The van der Waals surface area contributed by atoms with Gasteiger partial charge in [0.1, 0.15) is 0 Å². The van der Waals surface area contributed by atoms with E-state index in [4.69, 9.17) is 6.57 Å². The third-order valence-corrected chi connectivity index (χ3v) is 0.581. The SMILES string of the molecule is [C-]#[N+]CSC. The van der Waals surface area contributed by atoms with Gasteiger partial charge in [-0.25, -0.2) is 6.57 Å². The maximum Gasteiger partial charge on any atom is 0.259 e. The fourth-order valence-corrected chi connectivity index (χ4v) is 0.194. The van der Waals surface area contributed by atoms with E-state index in [0.29, 0.717) is 5.88 Å². The van der Waals surface area contributed by atoms with Crippen LogP contribution in [-0.2, 0) is 0 Å². The van der Waals surface area contributed by atoms with Crippen LogP contribution in [0.15, 0.2) is 0 Å². The molecule has 0 aromatic rings. The lowest BCUT2D eigenvalue weighted by atomic mass is 11.4. The molecule has 0 heterocycles. The zero-order chi connectivity index (χ0) is 4.12. The highest BCUT2D eigenvalue weighted by atomic mass is 32.2. The predicted octanol–water partition coefficient (Wildman–Crippen LogP) is 1.23. The summed E-state index contributed by atoms with van der Waals surface area (Å²) in [5.74, 6) is 0.597.